The molecule has 0 spiro atoms. The fourth-order valence-electron chi connectivity index (χ4n) is 3.18. The van der Waals surface area contributed by atoms with Crippen LogP contribution in [0.15, 0.2) is 24.3 Å². The van der Waals surface area contributed by atoms with Crippen molar-refractivity contribution in [2.45, 2.75) is 31.3 Å². The number of carbonyl (C=O) groups is 2. The molecule has 0 bridgehead atoms. The first kappa shape index (κ1) is 17.1. The Bertz CT molecular complexity index is 733. The molecule has 1 aliphatic heterocycles. The maximum atomic E-state index is 12.2. The van der Waals surface area contributed by atoms with Crippen molar-refractivity contribution in [2.24, 2.45) is 0 Å². The van der Waals surface area contributed by atoms with Crippen LogP contribution < -0.4 is 4.72 Å². The molecule has 24 heavy (non-hydrogen) atoms. The van der Waals surface area contributed by atoms with Crippen LogP contribution in [0, 0.1) is 0 Å². The van der Waals surface area contributed by atoms with Crippen LogP contribution in [0.1, 0.15) is 46.4 Å². The predicted octanol–water partition coefficient (Wildman–Crippen LogP) is 0.507. The van der Waals surface area contributed by atoms with Crippen LogP contribution >= 0.6 is 0 Å². The van der Waals surface area contributed by atoms with Crippen molar-refractivity contribution < 1.29 is 23.1 Å². The number of rotatable bonds is 6. The number of hydrogen-bond acceptors (Lipinski definition) is 5. The second-order valence-electron chi connectivity index (χ2n) is 6.38. The highest BCUT2D eigenvalue weighted by atomic mass is 32.2. The van der Waals surface area contributed by atoms with Crippen LogP contribution in [-0.2, 0) is 10.0 Å². The van der Waals surface area contributed by atoms with Gasteiger partial charge in [0, 0.05) is 13.1 Å². The average Bonchev–Trinajstić information content (AvgIpc) is 3.09. The zero-order valence-corrected chi connectivity index (χ0v) is 14.0. The Labute approximate surface area is 140 Å². The molecule has 2 amide bonds. The minimum Gasteiger partial charge on any atom is -0.389 e. The maximum absolute atomic E-state index is 12.2. The number of carbonyl (C=O) groups excluding carboxylic acids is 2. The van der Waals surface area contributed by atoms with Crippen LogP contribution in [0.25, 0.3) is 0 Å². The number of sulfonamides is 1. The third-order valence-electron chi connectivity index (χ3n) is 4.62. The number of nitrogens with one attached hydrogen (secondary N) is 1. The normalized spacial score (nSPS) is 19.8. The molecule has 0 unspecified atom stereocenters. The zero-order chi connectivity index (χ0) is 17.4. The smallest absolute Gasteiger partial charge is 0.261 e. The molecule has 0 aromatic heterocycles. The van der Waals surface area contributed by atoms with Crippen LogP contribution in [0.3, 0.4) is 0 Å². The monoisotopic (exact) mass is 352 g/mol. The van der Waals surface area contributed by atoms with Gasteiger partial charge in [0.1, 0.15) is 0 Å². The van der Waals surface area contributed by atoms with Gasteiger partial charge < -0.3 is 5.11 Å². The summed E-state index contributed by atoms with van der Waals surface area (Å²) < 4.78 is 26.6. The molecule has 2 N–H and O–H groups in total. The lowest BCUT2D eigenvalue weighted by Crippen LogP contribution is -2.43. The first-order valence-corrected chi connectivity index (χ1v) is 9.62. The largest absolute Gasteiger partial charge is 0.389 e. The summed E-state index contributed by atoms with van der Waals surface area (Å²) >= 11 is 0. The van der Waals surface area contributed by atoms with E-state index in [1.165, 1.54) is 0 Å². The minimum atomic E-state index is -3.68. The Balaban J connectivity index is 1.59. The summed E-state index contributed by atoms with van der Waals surface area (Å²) in [5.41, 5.74) is -0.385. The molecule has 8 heteroatoms. The number of hydrogen-bond donors (Lipinski definition) is 2. The highest BCUT2D eigenvalue weighted by Gasteiger charge is 2.36. The molecule has 130 valence electrons. The molecule has 1 aromatic rings. The van der Waals surface area contributed by atoms with Gasteiger partial charge in [-0.05, 0) is 25.0 Å². The molecule has 1 fully saturated rings. The number of aliphatic hydroxyl groups is 1. The van der Waals surface area contributed by atoms with Crippen molar-refractivity contribution in [2.75, 3.05) is 18.8 Å². The molecule has 1 heterocycles. The van der Waals surface area contributed by atoms with Gasteiger partial charge in [0.15, 0.2) is 0 Å². The van der Waals surface area contributed by atoms with Crippen molar-refractivity contribution in [3.05, 3.63) is 35.4 Å². The van der Waals surface area contributed by atoms with Gasteiger partial charge in [0.05, 0.1) is 22.5 Å². The van der Waals surface area contributed by atoms with E-state index in [9.17, 15) is 23.1 Å². The SMILES string of the molecule is O=C1c2ccccc2C(=O)N1CCS(=O)(=O)NCC1(O)CCCC1. The van der Waals surface area contributed by atoms with Gasteiger partial charge in [-0.3, -0.25) is 14.5 Å². The summed E-state index contributed by atoms with van der Waals surface area (Å²) in [6.45, 7) is -0.239. The number of benzene rings is 1. The van der Waals surface area contributed by atoms with E-state index in [1.807, 2.05) is 0 Å². The van der Waals surface area contributed by atoms with Crippen LogP contribution in [0.4, 0.5) is 0 Å². The van der Waals surface area contributed by atoms with Crippen molar-refractivity contribution in [3.63, 3.8) is 0 Å². The lowest BCUT2D eigenvalue weighted by Gasteiger charge is -2.22. The Hall–Kier alpha value is -1.77. The number of imide groups is 1. The topological polar surface area (TPSA) is 104 Å². The predicted molar refractivity (Wildman–Crippen MR) is 87.0 cm³/mol. The second-order valence-corrected chi connectivity index (χ2v) is 8.31. The van der Waals surface area contributed by atoms with E-state index in [1.54, 1.807) is 24.3 Å². The van der Waals surface area contributed by atoms with E-state index in [0.29, 0.717) is 24.0 Å². The van der Waals surface area contributed by atoms with Gasteiger partial charge in [-0.25, -0.2) is 13.1 Å². The van der Waals surface area contributed by atoms with Crippen molar-refractivity contribution in [1.82, 2.24) is 9.62 Å². The summed E-state index contributed by atoms with van der Waals surface area (Å²) in [6, 6.07) is 6.43. The summed E-state index contributed by atoms with van der Waals surface area (Å²) in [6.07, 6.45) is 2.92. The molecule has 0 radical (unpaired) electrons. The van der Waals surface area contributed by atoms with Gasteiger partial charge in [-0.1, -0.05) is 25.0 Å². The molecule has 1 aromatic carbocycles. The molecule has 3 rings (SSSR count). The standard InChI is InChI=1S/C16H20N2O5S/c19-14-12-5-1-2-6-13(12)15(20)18(14)9-10-24(22,23)17-11-16(21)7-3-4-8-16/h1-2,5-6,17,21H,3-4,7-11H2. The fraction of sp³-hybridized carbons (Fsp3) is 0.500. The third-order valence-corrected chi connectivity index (χ3v) is 5.92. The van der Waals surface area contributed by atoms with E-state index in [-0.39, 0.29) is 18.8 Å². The van der Waals surface area contributed by atoms with Crippen LogP contribution in [0.5, 0.6) is 0 Å². The fourth-order valence-corrected chi connectivity index (χ4v) is 4.24. The number of fused-ring (bicyclic) bond motifs is 1. The molecule has 2 aliphatic rings. The molecule has 1 aliphatic carbocycles. The molecule has 1 saturated carbocycles. The number of amides is 2. The van der Waals surface area contributed by atoms with Gasteiger partial charge in [-0.15, -0.1) is 0 Å². The van der Waals surface area contributed by atoms with Crippen molar-refractivity contribution in [1.29, 1.82) is 0 Å². The number of nitrogens with zero attached hydrogens (tertiary/aromatic N) is 1. The Kier molecular flexibility index (Phi) is 4.46. The molecular formula is C16H20N2O5S. The average molecular weight is 352 g/mol. The lowest BCUT2D eigenvalue weighted by atomic mass is 10.0. The molecule has 0 saturated heterocycles. The van der Waals surface area contributed by atoms with Gasteiger partial charge >= 0.3 is 0 Å². The van der Waals surface area contributed by atoms with Gasteiger partial charge in [0.2, 0.25) is 10.0 Å². The highest BCUT2D eigenvalue weighted by Crippen LogP contribution is 2.28. The first-order chi connectivity index (χ1) is 11.3. The van der Waals surface area contributed by atoms with Gasteiger partial charge in [-0.2, -0.15) is 0 Å². The van der Waals surface area contributed by atoms with E-state index in [4.69, 9.17) is 0 Å². The summed E-state index contributed by atoms with van der Waals surface area (Å²) in [4.78, 5) is 25.3. The third kappa shape index (κ3) is 3.35. The minimum absolute atomic E-state index is 0.0303. The van der Waals surface area contributed by atoms with Crippen molar-refractivity contribution >= 4 is 21.8 Å². The first-order valence-electron chi connectivity index (χ1n) is 7.96. The summed E-state index contributed by atoms with van der Waals surface area (Å²) in [5.74, 6) is -1.32. The molecular weight excluding hydrogens is 332 g/mol. The van der Waals surface area contributed by atoms with E-state index >= 15 is 0 Å². The second kappa shape index (κ2) is 6.27. The maximum Gasteiger partial charge on any atom is 0.261 e. The Morgan fingerprint density at radius 2 is 1.62 bits per heavy atom. The quantitative estimate of drug-likeness (QED) is 0.726. The molecule has 7 nitrogen and oxygen atoms in total. The van der Waals surface area contributed by atoms with Crippen LogP contribution in [0.2, 0.25) is 0 Å². The van der Waals surface area contributed by atoms with Crippen LogP contribution in [-0.4, -0.2) is 54.7 Å². The van der Waals surface area contributed by atoms with E-state index in [0.717, 1.165) is 17.7 Å². The Morgan fingerprint density at radius 1 is 1.08 bits per heavy atom. The zero-order valence-electron chi connectivity index (χ0n) is 13.2. The highest BCUT2D eigenvalue weighted by molar-refractivity contribution is 7.89. The van der Waals surface area contributed by atoms with E-state index in [2.05, 4.69) is 4.72 Å². The Morgan fingerprint density at radius 3 is 2.17 bits per heavy atom. The lowest BCUT2D eigenvalue weighted by molar-refractivity contribution is 0.0530. The summed E-state index contributed by atoms with van der Waals surface area (Å²) in [7, 11) is -3.68. The van der Waals surface area contributed by atoms with Crippen molar-refractivity contribution in [3.8, 4) is 0 Å². The van der Waals surface area contributed by atoms with E-state index < -0.39 is 27.4 Å². The molecule has 0 atom stereocenters. The summed E-state index contributed by atoms with van der Waals surface area (Å²) in [5, 5.41) is 10.2. The van der Waals surface area contributed by atoms with Gasteiger partial charge in [0.25, 0.3) is 11.8 Å².